The minimum atomic E-state index is -1.12. The van der Waals surface area contributed by atoms with E-state index in [1.165, 1.54) is 16.7 Å². The highest BCUT2D eigenvalue weighted by Crippen LogP contribution is 2.51. The van der Waals surface area contributed by atoms with Gasteiger partial charge in [-0.15, -0.1) is 0 Å². The third kappa shape index (κ3) is 3.15. The van der Waals surface area contributed by atoms with Crippen molar-refractivity contribution >= 4 is 35.4 Å². The Morgan fingerprint density at radius 1 is 1.55 bits per heavy atom. The van der Waals surface area contributed by atoms with Crippen molar-refractivity contribution in [3.05, 3.63) is 10.6 Å². The number of rotatable bonds is 8. The van der Waals surface area contributed by atoms with E-state index in [2.05, 4.69) is 6.92 Å². The molecule has 0 radical (unpaired) electrons. The van der Waals surface area contributed by atoms with E-state index in [0.717, 1.165) is 17.9 Å². The highest BCUT2D eigenvalue weighted by atomic mass is 32.2. The van der Waals surface area contributed by atoms with Crippen molar-refractivity contribution in [2.75, 3.05) is 11.5 Å². The van der Waals surface area contributed by atoms with Crippen molar-refractivity contribution in [1.82, 2.24) is 4.90 Å². The van der Waals surface area contributed by atoms with Crippen molar-refractivity contribution in [2.45, 2.75) is 44.2 Å². The standard InChI is InChI=1S/C14H22N2O4S2/c1-3-21-6-4-5-8(15)11-10(14(19)20)16-12(18)9(7(2)17)13(16)22-11/h7-9,13,17H,3-6,15H2,1-2H3,(H,19,20)/t7?,8-,9+,13-/m1/s1. The van der Waals surface area contributed by atoms with Crippen LogP contribution in [0.2, 0.25) is 0 Å². The van der Waals surface area contributed by atoms with Gasteiger partial charge < -0.3 is 15.9 Å². The van der Waals surface area contributed by atoms with E-state index in [4.69, 9.17) is 5.73 Å². The number of aliphatic carboxylic acids is 1. The molecule has 2 aliphatic rings. The lowest BCUT2D eigenvalue weighted by Crippen LogP contribution is -2.60. The molecule has 1 fully saturated rings. The zero-order valence-corrected chi connectivity index (χ0v) is 14.3. The van der Waals surface area contributed by atoms with Crippen LogP contribution in [0.1, 0.15) is 26.7 Å². The SMILES string of the molecule is CCSCCC[C@@H](N)C1=C(C(=O)O)N2C(=O)[C@H](C(C)O)[C@H]2S1. The number of hydrogen-bond donors (Lipinski definition) is 3. The minimum absolute atomic E-state index is 0.00699. The van der Waals surface area contributed by atoms with Gasteiger partial charge in [-0.05, 0) is 31.3 Å². The lowest BCUT2D eigenvalue weighted by molar-refractivity contribution is -0.156. The molecule has 4 N–H and O–H groups in total. The second kappa shape index (κ2) is 7.25. The van der Waals surface area contributed by atoms with Crippen LogP contribution < -0.4 is 5.73 Å². The Morgan fingerprint density at radius 2 is 2.23 bits per heavy atom. The summed E-state index contributed by atoms with van der Waals surface area (Å²) in [5, 5.41) is 18.8. The Bertz CT molecular complexity index is 495. The first-order valence-corrected chi connectivity index (χ1v) is 9.42. The van der Waals surface area contributed by atoms with Gasteiger partial charge in [0, 0.05) is 10.9 Å². The molecule has 2 aliphatic heterocycles. The zero-order chi connectivity index (χ0) is 16.4. The number of fused-ring (bicyclic) bond motifs is 1. The summed E-state index contributed by atoms with van der Waals surface area (Å²) in [6, 6.07) is -0.374. The summed E-state index contributed by atoms with van der Waals surface area (Å²) in [6.07, 6.45) is 0.822. The van der Waals surface area contributed by atoms with Gasteiger partial charge in [0.05, 0.1) is 12.0 Å². The Hall–Kier alpha value is -0.700. The van der Waals surface area contributed by atoms with Crippen LogP contribution in [0.15, 0.2) is 10.6 Å². The fraction of sp³-hybridized carbons (Fsp3) is 0.714. The Morgan fingerprint density at radius 3 is 2.77 bits per heavy atom. The molecule has 1 amide bonds. The molecule has 0 bridgehead atoms. The first-order chi connectivity index (χ1) is 10.4. The first-order valence-electron chi connectivity index (χ1n) is 7.38. The lowest BCUT2D eigenvalue weighted by Gasteiger charge is -2.43. The maximum atomic E-state index is 12.1. The molecule has 0 aromatic carbocycles. The zero-order valence-electron chi connectivity index (χ0n) is 12.7. The molecular formula is C14H22N2O4S2. The van der Waals surface area contributed by atoms with Crippen molar-refractivity contribution in [2.24, 2.45) is 11.7 Å². The van der Waals surface area contributed by atoms with Gasteiger partial charge in [-0.2, -0.15) is 11.8 Å². The number of aliphatic hydroxyl groups is 1. The molecule has 4 atom stereocenters. The van der Waals surface area contributed by atoms with Gasteiger partial charge in [0.1, 0.15) is 11.1 Å². The van der Waals surface area contributed by atoms with Crippen LogP contribution in [0.25, 0.3) is 0 Å². The maximum Gasteiger partial charge on any atom is 0.353 e. The highest BCUT2D eigenvalue weighted by Gasteiger charge is 2.58. The van der Waals surface area contributed by atoms with Crippen molar-refractivity contribution in [3.8, 4) is 0 Å². The highest BCUT2D eigenvalue weighted by molar-refractivity contribution is 8.04. The molecule has 0 aromatic heterocycles. The number of hydrogen-bond acceptors (Lipinski definition) is 6. The number of amides is 1. The smallest absolute Gasteiger partial charge is 0.353 e. The van der Waals surface area contributed by atoms with Crippen molar-refractivity contribution in [1.29, 1.82) is 0 Å². The molecule has 1 unspecified atom stereocenters. The second-order valence-corrected chi connectivity index (χ2v) is 8.00. The Labute approximate surface area is 138 Å². The van der Waals surface area contributed by atoms with Gasteiger partial charge >= 0.3 is 5.97 Å². The molecule has 0 aliphatic carbocycles. The quantitative estimate of drug-likeness (QED) is 0.446. The van der Waals surface area contributed by atoms with Gasteiger partial charge in [-0.3, -0.25) is 9.69 Å². The molecule has 0 spiro atoms. The fourth-order valence-electron chi connectivity index (χ4n) is 2.75. The van der Waals surface area contributed by atoms with Gasteiger partial charge in [-0.25, -0.2) is 4.79 Å². The number of nitrogens with zero attached hydrogens (tertiary/aromatic N) is 1. The van der Waals surface area contributed by atoms with Gasteiger partial charge in [0.2, 0.25) is 5.91 Å². The molecule has 0 saturated carbocycles. The van der Waals surface area contributed by atoms with Crippen LogP contribution in [0.5, 0.6) is 0 Å². The van der Waals surface area contributed by atoms with Crippen LogP contribution >= 0.6 is 23.5 Å². The molecular weight excluding hydrogens is 324 g/mol. The van der Waals surface area contributed by atoms with Crippen molar-refractivity contribution < 1.29 is 19.8 Å². The molecule has 0 aromatic rings. The van der Waals surface area contributed by atoms with Crippen LogP contribution in [-0.2, 0) is 9.59 Å². The van der Waals surface area contributed by atoms with E-state index < -0.39 is 18.0 Å². The number of thioether (sulfide) groups is 2. The average molecular weight is 346 g/mol. The van der Waals surface area contributed by atoms with Crippen LogP contribution in [0.3, 0.4) is 0 Å². The summed E-state index contributed by atoms with van der Waals surface area (Å²) in [5.74, 6) is 0.0505. The number of carbonyl (C=O) groups is 2. The number of nitrogens with two attached hydrogens (primary N) is 1. The summed E-state index contributed by atoms with van der Waals surface area (Å²) < 4.78 is 0. The van der Waals surface area contributed by atoms with E-state index in [-0.39, 0.29) is 23.0 Å². The third-order valence-electron chi connectivity index (χ3n) is 3.87. The van der Waals surface area contributed by atoms with Crippen LogP contribution in [0, 0.1) is 5.92 Å². The number of carbonyl (C=O) groups excluding carboxylic acids is 1. The molecule has 8 heteroatoms. The molecule has 6 nitrogen and oxygen atoms in total. The predicted molar refractivity (Wildman–Crippen MR) is 88.3 cm³/mol. The largest absolute Gasteiger partial charge is 0.477 e. The minimum Gasteiger partial charge on any atom is -0.477 e. The summed E-state index contributed by atoms with van der Waals surface area (Å²) in [4.78, 5) is 25.4. The van der Waals surface area contributed by atoms with Gasteiger partial charge in [-0.1, -0.05) is 18.7 Å². The van der Waals surface area contributed by atoms with Crippen LogP contribution in [0.4, 0.5) is 0 Å². The number of carboxylic acids is 1. The van der Waals surface area contributed by atoms with Gasteiger partial charge in [0.25, 0.3) is 0 Å². The maximum absolute atomic E-state index is 12.1. The molecule has 22 heavy (non-hydrogen) atoms. The fourth-order valence-corrected chi connectivity index (χ4v) is 5.07. The number of carboxylic acid groups (broad SMARTS) is 1. The molecule has 2 heterocycles. The van der Waals surface area contributed by atoms with Crippen molar-refractivity contribution in [3.63, 3.8) is 0 Å². The van der Waals surface area contributed by atoms with Gasteiger partial charge in [0.15, 0.2) is 0 Å². The summed E-state index contributed by atoms with van der Waals surface area (Å²) in [5.41, 5.74) is 6.16. The summed E-state index contributed by atoms with van der Waals surface area (Å²) in [7, 11) is 0. The lowest BCUT2D eigenvalue weighted by atomic mass is 9.92. The first kappa shape index (κ1) is 17.7. The normalized spacial score (nSPS) is 26.7. The Kier molecular flexibility index (Phi) is 5.81. The molecule has 1 saturated heterocycles. The van der Waals surface area contributed by atoms with Crippen LogP contribution in [-0.4, -0.2) is 56.0 Å². The third-order valence-corrected chi connectivity index (χ3v) is 6.35. The monoisotopic (exact) mass is 346 g/mol. The van der Waals surface area contributed by atoms with E-state index in [1.807, 2.05) is 11.8 Å². The average Bonchev–Trinajstić information content (AvgIpc) is 2.78. The van der Waals surface area contributed by atoms with E-state index >= 15 is 0 Å². The summed E-state index contributed by atoms with van der Waals surface area (Å²) >= 11 is 3.15. The molecule has 2 rings (SSSR count). The van der Waals surface area contributed by atoms with E-state index in [0.29, 0.717) is 11.3 Å². The predicted octanol–water partition coefficient (Wildman–Crippen LogP) is 1.06. The number of β-lactam (4-membered cyclic amide) rings is 1. The summed E-state index contributed by atoms with van der Waals surface area (Å²) in [6.45, 7) is 3.65. The topological polar surface area (TPSA) is 104 Å². The Balaban J connectivity index is 2.09. The second-order valence-electron chi connectivity index (χ2n) is 5.45. The molecule has 124 valence electrons. The number of aliphatic hydroxyl groups excluding tert-OH is 1. The van der Waals surface area contributed by atoms with E-state index in [1.54, 1.807) is 6.92 Å². The van der Waals surface area contributed by atoms with E-state index in [9.17, 15) is 19.8 Å².